The summed E-state index contributed by atoms with van der Waals surface area (Å²) in [7, 11) is 0. The number of anilines is 2. The summed E-state index contributed by atoms with van der Waals surface area (Å²) in [4.78, 5) is 31.4. The standard InChI is InChI=1S/C25H27FN8O/c1-25(2,14-26)23-28-10-8-20(31-23)34-21-19(22(35)33(34)18-5-6-18)13-29-24(32-21)30-17-4-3-15-7-9-27-12-16(15)11-17/h3-4,8,10-11,13,18,27H,5-7,9,12,14H2,1-2H3,(H,29,30,32). The predicted molar refractivity (Wildman–Crippen MR) is 131 cm³/mol. The molecule has 0 amide bonds. The van der Waals surface area contributed by atoms with Crippen LogP contribution in [0.2, 0.25) is 0 Å². The van der Waals surface area contributed by atoms with Gasteiger partial charge in [0.2, 0.25) is 5.95 Å². The second kappa shape index (κ2) is 8.23. The fraction of sp³-hybridized carbons (Fsp3) is 0.400. The first-order chi connectivity index (χ1) is 16.9. The first-order valence-electron chi connectivity index (χ1n) is 11.9. The van der Waals surface area contributed by atoms with Gasteiger partial charge in [-0.15, -0.1) is 0 Å². The highest BCUT2D eigenvalue weighted by Gasteiger charge is 2.32. The van der Waals surface area contributed by atoms with Crippen molar-refractivity contribution in [3.63, 3.8) is 0 Å². The van der Waals surface area contributed by atoms with Gasteiger partial charge in [0.05, 0.1) is 11.5 Å². The summed E-state index contributed by atoms with van der Waals surface area (Å²) >= 11 is 0. The van der Waals surface area contributed by atoms with Gasteiger partial charge in [0.1, 0.15) is 17.9 Å². The normalized spacial score (nSPS) is 15.9. The molecule has 10 heteroatoms. The zero-order chi connectivity index (χ0) is 24.2. The van der Waals surface area contributed by atoms with Crippen LogP contribution in [0.5, 0.6) is 0 Å². The summed E-state index contributed by atoms with van der Waals surface area (Å²) in [6, 6.07) is 8.06. The predicted octanol–water partition coefficient (Wildman–Crippen LogP) is 3.34. The van der Waals surface area contributed by atoms with Crippen LogP contribution in [-0.4, -0.2) is 42.5 Å². The Labute approximate surface area is 201 Å². The van der Waals surface area contributed by atoms with Crippen molar-refractivity contribution < 1.29 is 4.39 Å². The number of nitrogens with zero attached hydrogens (tertiary/aromatic N) is 6. The van der Waals surface area contributed by atoms with Gasteiger partial charge in [0.15, 0.2) is 11.5 Å². The fourth-order valence-corrected chi connectivity index (χ4v) is 4.47. The molecule has 1 fully saturated rings. The third-order valence-electron chi connectivity index (χ3n) is 6.66. The average Bonchev–Trinajstić information content (AvgIpc) is 3.68. The van der Waals surface area contributed by atoms with Crippen LogP contribution in [-0.2, 0) is 18.4 Å². The van der Waals surface area contributed by atoms with Crippen molar-refractivity contribution >= 4 is 22.7 Å². The minimum Gasteiger partial charge on any atom is -0.324 e. The Morgan fingerprint density at radius 1 is 1.17 bits per heavy atom. The topological polar surface area (TPSA) is 103 Å². The van der Waals surface area contributed by atoms with Gasteiger partial charge >= 0.3 is 0 Å². The van der Waals surface area contributed by atoms with Crippen LogP contribution in [0.1, 0.15) is 49.7 Å². The van der Waals surface area contributed by atoms with Crippen molar-refractivity contribution in [3.8, 4) is 5.82 Å². The van der Waals surface area contributed by atoms with E-state index in [-0.39, 0.29) is 11.6 Å². The Morgan fingerprint density at radius 2 is 2.03 bits per heavy atom. The molecule has 3 aromatic heterocycles. The number of benzene rings is 1. The Balaban J connectivity index is 1.46. The molecule has 4 aromatic rings. The van der Waals surface area contributed by atoms with Gasteiger partial charge in [0.25, 0.3) is 5.56 Å². The van der Waals surface area contributed by atoms with E-state index in [1.807, 2.05) is 6.07 Å². The molecule has 0 spiro atoms. The molecule has 180 valence electrons. The molecule has 0 bridgehead atoms. The van der Waals surface area contributed by atoms with E-state index in [1.165, 1.54) is 11.1 Å². The maximum atomic E-state index is 13.7. The van der Waals surface area contributed by atoms with E-state index >= 15 is 0 Å². The van der Waals surface area contributed by atoms with Gasteiger partial charge in [0, 0.05) is 30.7 Å². The molecular weight excluding hydrogens is 447 g/mol. The van der Waals surface area contributed by atoms with Crippen LogP contribution >= 0.6 is 0 Å². The van der Waals surface area contributed by atoms with Gasteiger partial charge in [-0.3, -0.25) is 9.18 Å². The maximum Gasteiger partial charge on any atom is 0.278 e. The minimum absolute atomic E-state index is 0.0776. The van der Waals surface area contributed by atoms with E-state index in [1.54, 1.807) is 41.7 Å². The zero-order valence-electron chi connectivity index (χ0n) is 19.8. The molecule has 0 radical (unpaired) electrons. The van der Waals surface area contributed by atoms with Crippen LogP contribution < -0.4 is 16.2 Å². The molecule has 1 aliphatic carbocycles. The van der Waals surface area contributed by atoms with Crippen molar-refractivity contribution in [2.45, 2.75) is 51.1 Å². The molecule has 1 aliphatic heterocycles. The van der Waals surface area contributed by atoms with Gasteiger partial charge in [-0.25, -0.2) is 24.3 Å². The van der Waals surface area contributed by atoms with Crippen LogP contribution in [0.3, 0.4) is 0 Å². The third kappa shape index (κ3) is 3.87. The number of nitrogens with one attached hydrogen (secondary N) is 2. The first-order valence-corrected chi connectivity index (χ1v) is 11.9. The highest BCUT2D eigenvalue weighted by molar-refractivity contribution is 5.77. The molecule has 2 aliphatic rings. The van der Waals surface area contributed by atoms with Crippen LogP contribution in [0.4, 0.5) is 16.0 Å². The maximum absolute atomic E-state index is 13.7. The van der Waals surface area contributed by atoms with Crippen molar-refractivity contribution in [2.24, 2.45) is 0 Å². The number of alkyl halides is 1. The summed E-state index contributed by atoms with van der Waals surface area (Å²) in [5.41, 5.74) is 2.95. The monoisotopic (exact) mass is 474 g/mol. The smallest absolute Gasteiger partial charge is 0.278 e. The van der Waals surface area contributed by atoms with Gasteiger partial charge in [-0.1, -0.05) is 19.9 Å². The van der Waals surface area contributed by atoms with Crippen LogP contribution in [0.15, 0.2) is 41.5 Å². The Morgan fingerprint density at radius 3 is 2.83 bits per heavy atom. The molecular formula is C25H27FN8O. The highest BCUT2D eigenvalue weighted by atomic mass is 19.1. The highest BCUT2D eigenvalue weighted by Crippen LogP contribution is 2.35. The molecule has 1 saturated carbocycles. The number of fused-ring (bicyclic) bond motifs is 2. The average molecular weight is 475 g/mol. The number of hydrogen-bond donors (Lipinski definition) is 2. The number of rotatable bonds is 6. The number of aromatic nitrogens is 6. The Bertz CT molecular complexity index is 1490. The van der Waals surface area contributed by atoms with Crippen molar-refractivity contribution in [3.05, 3.63) is 64.0 Å². The minimum atomic E-state index is -0.841. The van der Waals surface area contributed by atoms with Crippen LogP contribution in [0.25, 0.3) is 16.9 Å². The summed E-state index contributed by atoms with van der Waals surface area (Å²) in [5, 5.41) is 7.10. The fourth-order valence-electron chi connectivity index (χ4n) is 4.47. The Hall–Kier alpha value is -3.66. The van der Waals surface area contributed by atoms with Crippen molar-refractivity contribution in [1.82, 2.24) is 34.6 Å². The third-order valence-corrected chi connectivity index (χ3v) is 6.66. The molecule has 6 rings (SSSR count). The summed E-state index contributed by atoms with van der Waals surface area (Å²) in [5.74, 6) is 1.26. The van der Waals surface area contributed by atoms with Gasteiger partial charge < -0.3 is 10.6 Å². The lowest BCUT2D eigenvalue weighted by atomic mass is 9.94. The molecule has 2 N–H and O–H groups in total. The van der Waals surface area contributed by atoms with E-state index in [0.29, 0.717) is 28.6 Å². The van der Waals surface area contributed by atoms with Crippen molar-refractivity contribution in [1.29, 1.82) is 0 Å². The second-order valence-corrected chi connectivity index (χ2v) is 9.91. The lowest BCUT2D eigenvalue weighted by Gasteiger charge is -2.19. The van der Waals surface area contributed by atoms with E-state index in [2.05, 4.69) is 37.7 Å². The molecule has 0 unspecified atom stereocenters. The van der Waals surface area contributed by atoms with E-state index < -0.39 is 12.1 Å². The molecule has 0 saturated heterocycles. The zero-order valence-corrected chi connectivity index (χ0v) is 19.8. The number of halogens is 1. The number of hydrogen-bond acceptors (Lipinski definition) is 7. The van der Waals surface area contributed by atoms with E-state index in [0.717, 1.165) is 38.0 Å². The lowest BCUT2D eigenvalue weighted by Crippen LogP contribution is -2.26. The molecule has 0 atom stereocenters. The summed E-state index contributed by atoms with van der Waals surface area (Å²) < 4.78 is 17.1. The second-order valence-electron chi connectivity index (χ2n) is 9.91. The van der Waals surface area contributed by atoms with E-state index in [4.69, 9.17) is 4.98 Å². The van der Waals surface area contributed by atoms with Gasteiger partial charge in [-0.05, 0) is 49.1 Å². The van der Waals surface area contributed by atoms with Gasteiger partial charge in [-0.2, -0.15) is 4.98 Å². The summed E-state index contributed by atoms with van der Waals surface area (Å²) in [6.45, 7) is 4.74. The van der Waals surface area contributed by atoms with E-state index in [9.17, 15) is 9.18 Å². The van der Waals surface area contributed by atoms with Crippen molar-refractivity contribution in [2.75, 3.05) is 18.5 Å². The molecule has 35 heavy (non-hydrogen) atoms. The lowest BCUT2D eigenvalue weighted by molar-refractivity contribution is 0.336. The molecule has 4 heterocycles. The largest absolute Gasteiger partial charge is 0.324 e. The SMILES string of the molecule is CC(C)(CF)c1nccc(-n2c3nc(Nc4ccc5c(c4)CNCC5)ncc3c(=O)n2C2CC2)n1. The Kier molecular flexibility index (Phi) is 5.14. The quantitative estimate of drug-likeness (QED) is 0.442. The van der Waals surface area contributed by atoms with Crippen LogP contribution in [0, 0.1) is 0 Å². The summed E-state index contributed by atoms with van der Waals surface area (Å²) in [6.07, 6.45) is 6.00. The molecule has 1 aromatic carbocycles. The first kappa shape index (κ1) is 21.8. The molecule has 9 nitrogen and oxygen atoms in total.